The molecule has 2 aromatic rings. The van der Waals surface area contributed by atoms with Crippen molar-refractivity contribution in [3.63, 3.8) is 0 Å². The van der Waals surface area contributed by atoms with Gasteiger partial charge in [0.15, 0.2) is 0 Å². The fourth-order valence-electron chi connectivity index (χ4n) is 1.71. The quantitative estimate of drug-likeness (QED) is 0.826. The summed E-state index contributed by atoms with van der Waals surface area (Å²) in [6, 6.07) is 8.77. The van der Waals surface area contributed by atoms with Crippen LogP contribution in [0.2, 0.25) is 0 Å². The second-order valence-electron chi connectivity index (χ2n) is 3.57. The van der Waals surface area contributed by atoms with E-state index in [4.69, 9.17) is 10.5 Å². The van der Waals surface area contributed by atoms with Gasteiger partial charge in [-0.2, -0.15) is 4.39 Å². The molecular weight excluding hydrogens is 219 g/mol. The van der Waals surface area contributed by atoms with Gasteiger partial charge < -0.3 is 10.5 Å². The molecule has 17 heavy (non-hydrogen) atoms. The van der Waals surface area contributed by atoms with Crippen LogP contribution in [-0.2, 0) is 6.54 Å². The molecule has 0 saturated heterocycles. The Morgan fingerprint density at radius 3 is 2.82 bits per heavy atom. The summed E-state index contributed by atoms with van der Waals surface area (Å²) in [7, 11) is 1.58. The van der Waals surface area contributed by atoms with E-state index in [2.05, 4.69) is 4.98 Å². The monoisotopic (exact) mass is 232 g/mol. The number of pyridine rings is 1. The average Bonchev–Trinajstić information content (AvgIpc) is 2.38. The summed E-state index contributed by atoms with van der Waals surface area (Å²) in [5, 5.41) is 0. The molecule has 0 fully saturated rings. The highest BCUT2D eigenvalue weighted by Crippen LogP contribution is 2.27. The van der Waals surface area contributed by atoms with E-state index in [0.717, 1.165) is 11.1 Å². The summed E-state index contributed by atoms with van der Waals surface area (Å²) in [6.07, 6.45) is 1.42. The highest BCUT2D eigenvalue weighted by atomic mass is 19.1. The minimum absolute atomic E-state index is 0.346. The first-order valence-corrected chi connectivity index (χ1v) is 5.24. The molecule has 2 rings (SSSR count). The highest BCUT2D eigenvalue weighted by Gasteiger charge is 2.08. The topological polar surface area (TPSA) is 48.1 Å². The molecule has 1 aromatic heterocycles. The second-order valence-corrected chi connectivity index (χ2v) is 3.57. The van der Waals surface area contributed by atoms with E-state index in [1.54, 1.807) is 31.4 Å². The van der Waals surface area contributed by atoms with Crippen LogP contribution in [0.1, 0.15) is 5.56 Å². The normalized spacial score (nSPS) is 10.3. The van der Waals surface area contributed by atoms with Crippen LogP contribution in [-0.4, -0.2) is 12.1 Å². The molecule has 0 spiro atoms. The standard InChI is InChI=1S/C13H13FN2O/c1-17-12-5-4-9(7-10(12)8-15)11-3-2-6-16-13(11)14/h2-7H,8,15H2,1H3. The van der Waals surface area contributed by atoms with Crippen molar-refractivity contribution in [2.45, 2.75) is 6.54 Å². The molecular formula is C13H13FN2O. The first kappa shape index (κ1) is 11.5. The van der Waals surface area contributed by atoms with E-state index in [0.29, 0.717) is 17.9 Å². The number of nitrogens with two attached hydrogens (primary N) is 1. The molecule has 88 valence electrons. The van der Waals surface area contributed by atoms with Crippen LogP contribution < -0.4 is 10.5 Å². The average molecular weight is 232 g/mol. The maximum absolute atomic E-state index is 13.5. The minimum atomic E-state index is -0.486. The van der Waals surface area contributed by atoms with Crippen LogP contribution in [0.3, 0.4) is 0 Å². The first-order valence-electron chi connectivity index (χ1n) is 5.24. The minimum Gasteiger partial charge on any atom is -0.496 e. The predicted molar refractivity (Wildman–Crippen MR) is 64.1 cm³/mol. The lowest BCUT2D eigenvalue weighted by atomic mass is 10.0. The number of ether oxygens (including phenoxy) is 1. The van der Waals surface area contributed by atoms with Crippen molar-refractivity contribution in [2.75, 3.05) is 7.11 Å². The van der Waals surface area contributed by atoms with Crippen LogP contribution in [0.4, 0.5) is 4.39 Å². The predicted octanol–water partition coefficient (Wildman–Crippen LogP) is 2.35. The number of nitrogens with zero attached hydrogens (tertiary/aromatic N) is 1. The molecule has 0 aliphatic rings. The number of aromatic nitrogens is 1. The van der Waals surface area contributed by atoms with Crippen LogP contribution in [0, 0.1) is 5.95 Å². The van der Waals surface area contributed by atoms with Gasteiger partial charge in [0.2, 0.25) is 5.95 Å². The molecule has 1 heterocycles. The van der Waals surface area contributed by atoms with Crippen molar-refractivity contribution >= 4 is 0 Å². The number of benzene rings is 1. The van der Waals surface area contributed by atoms with Gasteiger partial charge in [-0.1, -0.05) is 6.07 Å². The highest BCUT2D eigenvalue weighted by molar-refractivity contribution is 5.65. The van der Waals surface area contributed by atoms with E-state index in [-0.39, 0.29) is 0 Å². The summed E-state index contributed by atoms with van der Waals surface area (Å²) >= 11 is 0. The maximum Gasteiger partial charge on any atom is 0.220 e. The van der Waals surface area contributed by atoms with Crippen molar-refractivity contribution in [1.29, 1.82) is 0 Å². The number of halogens is 1. The Bertz CT molecular complexity index is 529. The zero-order valence-electron chi connectivity index (χ0n) is 9.48. The Balaban J connectivity index is 2.50. The Hall–Kier alpha value is -1.94. The lowest BCUT2D eigenvalue weighted by Crippen LogP contribution is -2.00. The van der Waals surface area contributed by atoms with Crippen molar-refractivity contribution in [1.82, 2.24) is 4.98 Å². The molecule has 3 nitrogen and oxygen atoms in total. The molecule has 1 aromatic carbocycles. The van der Waals surface area contributed by atoms with E-state index in [9.17, 15) is 4.39 Å². The third-order valence-electron chi connectivity index (χ3n) is 2.57. The zero-order chi connectivity index (χ0) is 12.3. The number of methoxy groups -OCH3 is 1. The van der Waals surface area contributed by atoms with E-state index < -0.39 is 5.95 Å². The third kappa shape index (κ3) is 2.26. The second kappa shape index (κ2) is 4.93. The van der Waals surface area contributed by atoms with Crippen molar-refractivity contribution in [3.8, 4) is 16.9 Å². The summed E-state index contributed by atoms with van der Waals surface area (Å²) < 4.78 is 18.7. The Morgan fingerprint density at radius 1 is 1.35 bits per heavy atom. The van der Waals surface area contributed by atoms with Crippen LogP contribution in [0.5, 0.6) is 5.75 Å². The number of hydrogen-bond donors (Lipinski definition) is 1. The van der Waals surface area contributed by atoms with Gasteiger partial charge in [-0.15, -0.1) is 0 Å². The summed E-state index contributed by atoms with van der Waals surface area (Å²) in [6.45, 7) is 0.346. The van der Waals surface area contributed by atoms with Gasteiger partial charge in [0, 0.05) is 23.9 Å². The van der Waals surface area contributed by atoms with Crippen molar-refractivity contribution in [3.05, 3.63) is 48.0 Å². The fourth-order valence-corrected chi connectivity index (χ4v) is 1.71. The molecule has 0 aliphatic heterocycles. The van der Waals surface area contributed by atoms with Gasteiger partial charge in [0.1, 0.15) is 5.75 Å². The SMILES string of the molecule is COc1ccc(-c2cccnc2F)cc1CN. The van der Waals surface area contributed by atoms with Gasteiger partial charge in [0.25, 0.3) is 0 Å². The Morgan fingerprint density at radius 2 is 2.18 bits per heavy atom. The summed E-state index contributed by atoms with van der Waals surface area (Å²) in [5.74, 6) is 0.223. The molecule has 0 radical (unpaired) electrons. The van der Waals surface area contributed by atoms with E-state index in [1.165, 1.54) is 6.20 Å². The fraction of sp³-hybridized carbons (Fsp3) is 0.154. The molecule has 0 bridgehead atoms. The maximum atomic E-state index is 13.5. The third-order valence-corrected chi connectivity index (χ3v) is 2.57. The lowest BCUT2D eigenvalue weighted by Gasteiger charge is -2.09. The van der Waals surface area contributed by atoms with Gasteiger partial charge in [-0.3, -0.25) is 0 Å². The smallest absolute Gasteiger partial charge is 0.220 e. The first-order chi connectivity index (χ1) is 8.26. The summed E-state index contributed by atoms with van der Waals surface area (Å²) in [5.41, 5.74) is 7.67. The van der Waals surface area contributed by atoms with E-state index in [1.807, 2.05) is 6.07 Å². The van der Waals surface area contributed by atoms with Crippen molar-refractivity contribution < 1.29 is 9.13 Å². The summed E-state index contributed by atoms with van der Waals surface area (Å²) in [4.78, 5) is 3.62. The molecule has 0 aliphatic carbocycles. The van der Waals surface area contributed by atoms with Crippen LogP contribution in [0.25, 0.3) is 11.1 Å². The number of rotatable bonds is 3. The Kier molecular flexibility index (Phi) is 3.35. The van der Waals surface area contributed by atoms with Gasteiger partial charge in [-0.05, 0) is 29.8 Å². The molecule has 0 saturated carbocycles. The number of hydrogen-bond acceptors (Lipinski definition) is 3. The van der Waals surface area contributed by atoms with E-state index >= 15 is 0 Å². The molecule has 0 unspecified atom stereocenters. The van der Waals surface area contributed by atoms with Crippen LogP contribution >= 0.6 is 0 Å². The molecule has 0 atom stereocenters. The molecule has 4 heteroatoms. The van der Waals surface area contributed by atoms with Gasteiger partial charge in [-0.25, -0.2) is 4.98 Å². The lowest BCUT2D eigenvalue weighted by molar-refractivity contribution is 0.410. The van der Waals surface area contributed by atoms with Gasteiger partial charge >= 0.3 is 0 Å². The Labute approximate surface area is 99.1 Å². The molecule has 2 N–H and O–H groups in total. The largest absolute Gasteiger partial charge is 0.496 e. The molecule has 0 amide bonds. The van der Waals surface area contributed by atoms with Crippen molar-refractivity contribution in [2.24, 2.45) is 5.73 Å². The van der Waals surface area contributed by atoms with Gasteiger partial charge in [0.05, 0.1) is 7.11 Å². The zero-order valence-corrected chi connectivity index (χ0v) is 9.48. The van der Waals surface area contributed by atoms with Crippen LogP contribution in [0.15, 0.2) is 36.5 Å².